The maximum atomic E-state index is 12.4. The van der Waals surface area contributed by atoms with Crippen LogP contribution in [0.2, 0.25) is 0 Å². The number of hydrogen-bond donors (Lipinski definition) is 2. The lowest BCUT2D eigenvalue weighted by Gasteiger charge is -2.13. The molecule has 0 saturated carbocycles. The van der Waals surface area contributed by atoms with E-state index in [1.165, 1.54) is 17.6 Å². The van der Waals surface area contributed by atoms with Gasteiger partial charge < -0.3 is 9.73 Å². The van der Waals surface area contributed by atoms with E-state index in [0.29, 0.717) is 28.1 Å². The van der Waals surface area contributed by atoms with Crippen molar-refractivity contribution in [2.24, 2.45) is 0 Å². The molecule has 0 aliphatic heterocycles. The minimum Gasteiger partial charge on any atom is -0.469 e. The van der Waals surface area contributed by atoms with Crippen molar-refractivity contribution in [2.75, 3.05) is 10.6 Å². The SMILES string of the molecule is Cc1occc1C(=O)Nc1nc(CC(=O)Nc2ccccc2C(C)C)cs1. The third-order valence-electron chi connectivity index (χ3n) is 4.07. The highest BCUT2D eigenvalue weighted by molar-refractivity contribution is 7.14. The van der Waals surface area contributed by atoms with E-state index in [1.54, 1.807) is 18.4 Å². The number of rotatable bonds is 6. The maximum Gasteiger partial charge on any atom is 0.260 e. The molecule has 2 aromatic heterocycles. The fraction of sp³-hybridized carbons (Fsp3) is 0.250. The summed E-state index contributed by atoms with van der Waals surface area (Å²) in [5.41, 5.74) is 2.98. The Bertz CT molecular complexity index is 959. The Morgan fingerprint density at radius 1 is 1.19 bits per heavy atom. The van der Waals surface area contributed by atoms with Crippen molar-refractivity contribution in [3.8, 4) is 0 Å². The van der Waals surface area contributed by atoms with Crippen LogP contribution in [0, 0.1) is 6.92 Å². The van der Waals surface area contributed by atoms with Crippen LogP contribution < -0.4 is 10.6 Å². The molecular formula is C20H21N3O3S. The Balaban J connectivity index is 1.62. The fourth-order valence-corrected chi connectivity index (χ4v) is 3.41. The largest absolute Gasteiger partial charge is 0.469 e. The second-order valence-electron chi connectivity index (χ2n) is 6.46. The Morgan fingerprint density at radius 3 is 2.67 bits per heavy atom. The van der Waals surface area contributed by atoms with E-state index >= 15 is 0 Å². The number of carbonyl (C=O) groups excluding carboxylic acids is 2. The molecule has 2 N–H and O–H groups in total. The average Bonchev–Trinajstić information content (AvgIpc) is 3.23. The predicted molar refractivity (Wildman–Crippen MR) is 106 cm³/mol. The summed E-state index contributed by atoms with van der Waals surface area (Å²) in [4.78, 5) is 28.9. The summed E-state index contributed by atoms with van der Waals surface area (Å²) in [6.07, 6.45) is 1.61. The highest BCUT2D eigenvalue weighted by Gasteiger charge is 2.15. The van der Waals surface area contributed by atoms with E-state index in [-0.39, 0.29) is 18.2 Å². The van der Waals surface area contributed by atoms with Crippen LogP contribution in [-0.2, 0) is 11.2 Å². The number of para-hydroxylation sites is 1. The van der Waals surface area contributed by atoms with Crippen molar-refractivity contribution in [3.05, 3.63) is 64.6 Å². The number of benzene rings is 1. The van der Waals surface area contributed by atoms with Crippen LogP contribution in [0.3, 0.4) is 0 Å². The molecule has 1 aromatic carbocycles. The molecule has 7 heteroatoms. The van der Waals surface area contributed by atoms with Crippen molar-refractivity contribution in [2.45, 2.75) is 33.1 Å². The van der Waals surface area contributed by atoms with Gasteiger partial charge in [0, 0.05) is 11.1 Å². The van der Waals surface area contributed by atoms with Crippen LogP contribution in [0.25, 0.3) is 0 Å². The zero-order chi connectivity index (χ0) is 19.4. The quantitative estimate of drug-likeness (QED) is 0.651. The molecule has 0 fully saturated rings. The number of thiazole rings is 1. The summed E-state index contributed by atoms with van der Waals surface area (Å²) in [5, 5.41) is 7.90. The van der Waals surface area contributed by atoms with Crippen LogP contribution in [0.4, 0.5) is 10.8 Å². The van der Waals surface area contributed by atoms with Gasteiger partial charge in [-0.15, -0.1) is 11.3 Å². The lowest BCUT2D eigenvalue weighted by atomic mass is 10.0. The normalized spacial score (nSPS) is 10.8. The molecule has 6 nitrogen and oxygen atoms in total. The summed E-state index contributed by atoms with van der Waals surface area (Å²) in [7, 11) is 0. The molecule has 0 atom stereocenters. The van der Waals surface area contributed by atoms with Gasteiger partial charge in [0.1, 0.15) is 5.76 Å². The van der Waals surface area contributed by atoms with Gasteiger partial charge in [-0.2, -0.15) is 0 Å². The van der Waals surface area contributed by atoms with Gasteiger partial charge >= 0.3 is 0 Å². The number of amides is 2. The third-order valence-corrected chi connectivity index (χ3v) is 4.88. The van der Waals surface area contributed by atoms with Gasteiger partial charge in [-0.05, 0) is 30.5 Å². The second-order valence-corrected chi connectivity index (χ2v) is 7.31. The van der Waals surface area contributed by atoms with Gasteiger partial charge in [0.05, 0.1) is 23.9 Å². The Morgan fingerprint density at radius 2 is 1.96 bits per heavy atom. The lowest BCUT2D eigenvalue weighted by molar-refractivity contribution is -0.115. The van der Waals surface area contributed by atoms with Gasteiger partial charge in [0.15, 0.2) is 5.13 Å². The molecule has 27 heavy (non-hydrogen) atoms. The number of furan rings is 1. The molecule has 3 rings (SSSR count). The first-order valence-corrected chi connectivity index (χ1v) is 9.50. The number of anilines is 2. The zero-order valence-corrected chi connectivity index (χ0v) is 16.2. The van der Waals surface area contributed by atoms with E-state index in [0.717, 1.165) is 11.3 Å². The van der Waals surface area contributed by atoms with E-state index in [4.69, 9.17) is 4.42 Å². The molecule has 0 radical (unpaired) electrons. The number of aromatic nitrogens is 1. The summed E-state index contributed by atoms with van der Waals surface area (Å²) >= 11 is 1.28. The van der Waals surface area contributed by atoms with Crippen LogP contribution in [0.15, 0.2) is 46.4 Å². The second kappa shape index (κ2) is 8.18. The minimum atomic E-state index is -0.280. The monoisotopic (exact) mass is 383 g/mol. The van der Waals surface area contributed by atoms with Gasteiger partial charge in [-0.25, -0.2) is 4.98 Å². The van der Waals surface area contributed by atoms with Crippen LogP contribution in [0.5, 0.6) is 0 Å². The molecule has 3 aromatic rings. The number of nitrogens with one attached hydrogen (secondary N) is 2. The van der Waals surface area contributed by atoms with Crippen molar-refractivity contribution in [3.63, 3.8) is 0 Å². The van der Waals surface area contributed by atoms with E-state index in [1.807, 2.05) is 24.3 Å². The minimum absolute atomic E-state index is 0.142. The van der Waals surface area contributed by atoms with Crippen molar-refractivity contribution < 1.29 is 14.0 Å². The first kappa shape index (κ1) is 18.8. The Kier molecular flexibility index (Phi) is 5.71. The summed E-state index contributed by atoms with van der Waals surface area (Å²) in [5.74, 6) is 0.441. The van der Waals surface area contributed by atoms with Crippen molar-refractivity contribution in [1.82, 2.24) is 4.98 Å². The molecule has 0 aliphatic rings. The highest BCUT2D eigenvalue weighted by Crippen LogP contribution is 2.24. The Hall–Kier alpha value is -2.93. The molecule has 0 bridgehead atoms. The van der Waals surface area contributed by atoms with Gasteiger partial charge in [-0.3, -0.25) is 14.9 Å². The fourth-order valence-electron chi connectivity index (χ4n) is 2.70. The van der Waals surface area contributed by atoms with Crippen LogP contribution in [-0.4, -0.2) is 16.8 Å². The third kappa shape index (κ3) is 4.62. The van der Waals surface area contributed by atoms with Crippen molar-refractivity contribution >= 4 is 34.0 Å². The maximum absolute atomic E-state index is 12.4. The smallest absolute Gasteiger partial charge is 0.260 e. The molecule has 0 saturated heterocycles. The predicted octanol–water partition coefficient (Wildman–Crippen LogP) is 4.60. The van der Waals surface area contributed by atoms with Gasteiger partial charge in [-0.1, -0.05) is 32.0 Å². The van der Waals surface area contributed by atoms with E-state index < -0.39 is 0 Å². The molecule has 140 valence electrons. The number of carbonyl (C=O) groups is 2. The van der Waals surface area contributed by atoms with E-state index in [9.17, 15) is 9.59 Å². The summed E-state index contributed by atoms with van der Waals surface area (Å²) in [6, 6.07) is 9.37. The Labute approximate surface area is 161 Å². The van der Waals surface area contributed by atoms with Crippen molar-refractivity contribution in [1.29, 1.82) is 0 Å². The first-order chi connectivity index (χ1) is 12.9. The highest BCUT2D eigenvalue weighted by atomic mass is 32.1. The number of nitrogens with zero attached hydrogens (tertiary/aromatic N) is 1. The number of hydrogen-bond acceptors (Lipinski definition) is 5. The zero-order valence-electron chi connectivity index (χ0n) is 15.4. The first-order valence-electron chi connectivity index (χ1n) is 8.62. The molecular weight excluding hydrogens is 362 g/mol. The lowest BCUT2D eigenvalue weighted by Crippen LogP contribution is -2.16. The van der Waals surface area contributed by atoms with Gasteiger partial charge in [0.2, 0.25) is 5.91 Å². The van der Waals surface area contributed by atoms with E-state index in [2.05, 4.69) is 29.5 Å². The molecule has 0 unspecified atom stereocenters. The molecule has 0 spiro atoms. The number of aryl methyl sites for hydroxylation is 1. The van der Waals surface area contributed by atoms with Crippen LogP contribution in [0.1, 0.15) is 47.1 Å². The summed E-state index contributed by atoms with van der Waals surface area (Å²) in [6.45, 7) is 5.89. The van der Waals surface area contributed by atoms with Gasteiger partial charge in [0.25, 0.3) is 5.91 Å². The topological polar surface area (TPSA) is 84.2 Å². The molecule has 2 heterocycles. The molecule has 2 amide bonds. The summed E-state index contributed by atoms with van der Waals surface area (Å²) < 4.78 is 5.13. The average molecular weight is 383 g/mol. The molecule has 0 aliphatic carbocycles. The van der Waals surface area contributed by atoms with Crippen LogP contribution >= 0.6 is 11.3 Å². The standard InChI is InChI=1S/C20H21N3O3S/c1-12(2)15-6-4-5-7-17(15)22-18(24)10-14-11-27-20(21-14)23-19(25)16-8-9-26-13(16)3/h4-9,11-12H,10H2,1-3H3,(H,22,24)(H,21,23,25).